The lowest BCUT2D eigenvalue weighted by Crippen LogP contribution is -2.17. The van der Waals surface area contributed by atoms with Gasteiger partial charge in [-0.3, -0.25) is 4.79 Å². The van der Waals surface area contributed by atoms with Crippen molar-refractivity contribution >= 4 is 23.7 Å². The summed E-state index contributed by atoms with van der Waals surface area (Å²) in [6, 6.07) is 6.70. The van der Waals surface area contributed by atoms with E-state index in [1.807, 2.05) is 0 Å². The van der Waals surface area contributed by atoms with Crippen molar-refractivity contribution < 1.29 is 24.9 Å². The molecular weight excluding hydrogens is 324 g/mol. The molecule has 0 aliphatic carbocycles. The summed E-state index contributed by atoms with van der Waals surface area (Å²) >= 11 is 5.79. The molecule has 2 aromatic carbocycles. The third-order valence-corrected chi connectivity index (χ3v) is 3.13. The van der Waals surface area contributed by atoms with Crippen LogP contribution in [0.2, 0.25) is 5.02 Å². The third-order valence-electron chi connectivity index (χ3n) is 2.90. The van der Waals surface area contributed by atoms with Gasteiger partial charge in [-0.2, -0.15) is 5.10 Å². The molecule has 120 valence electrons. The fourth-order valence-electron chi connectivity index (χ4n) is 1.73. The van der Waals surface area contributed by atoms with Crippen LogP contribution in [0.5, 0.6) is 23.0 Å². The smallest absolute Gasteiger partial charge is 0.271 e. The van der Waals surface area contributed by atoms with Gasteiger partial charge in [0.05, 0.1) is 13.3 Å². The van der Waals surface area contributed by atoms with Gasteiger partial charge in [0.2, 0.25) is 5.75 Å². The van der Waals surface area contributed by atoms with Gasteiger partial charge in [-0.1, -0.05) is 11.6 Å². The number of hydrogen-bond donors (Lipinski definition) is 4. The highest BCUT2D eigenvalue weighted by molar-refractivity contribution is 6.30. The van der Waals surface area contributed by atoms with Gasteiger partial charge in [0.1, 0.15) is 5.75 Å². The van der Waals surface area contributed by atoms with Gasteiger partial charge in [0.15, 0.2) is 11.5 Å². The summed E-state index contributed by atoms with van der Waals surface area (Å²) in [4.78, 5) is 12.0. The summed E-state index contributed by atoms with van der Waals surface area (Å²) in [5, 5.41) is 32.8. The molecular formula is C15H13ClN2O5. The predicted molar refractivity (Wildman–Crippen MR) is 84.5 cm³/mol. The monoisotopic (exact) mass is 336 g/mol. The lowest BCUT2D eigenvalue weighted by Gasteiger charge is -2.07. The Labute approximate surface area is 136 Å². The zero-order chi connectivity index (χ0) is 17.0. The first kappa shape index (κ1) is 16.4. The van der Waals surface area contributed by atoms with Gasteiger partial charge in [0, 0.05) is 16.1 Å². The molecule has 0 atom stereocenters. The number of methoxy groups -OCH3 is 1. The summed E-state index contributed by atoms with van der Waals surface area (Å²) < 4.78 is 4.84. The van der Waals surface area contributed by atoms with E-state index in [2.05, 4.69) is 10.5 Å². The molecule has 23 heavy (non-hydrogen) atoms. The molecule has 2 aromatic rings. The SMILES string of the molecule is COc1cc(C(=O)NN=Cc2cc(Cl)ccc2O)cc(O)c1O. The number of carbonyl (C=O) groups excluding carboxylic acids is 1. The second-order valence-corrected chi connectivity index (χ2v) is 4.88. The summed E-state index contributed by atoms with van der Waals surface area (Å²) in [5.74, 6) is -1.69. The van der Waals surface area contributed by atoms with Crippen molar-refractivity contribution in [3.63, 3.8) is 0 Å². The number of phenolic OH excluding ortho intramolecular Hbond substituents is 3. The highest BCUT2D eigenvalue weighted by Crippen LogP contribution is 2.36. The number of rotatable bonds is 4. The minimum atomic E-state index is -0.642. The Morgan fingerprint density at radius 2 is 1.96 bits per heavy atom. The van der Waals surface area contributed by atoms with Crippen LogP contribution in [0.1, 0.15) is 15.9 Å². The van der Waals surface area contributed by atoms with Gasteiger partial charge >= 0.3 is 0 Å². The van der Waals surface area contributed by atoms with Crippen molar-refractivity contribution in [3.8, 4) is 23.0 Å². The van der Waals surface area contributed by atoms with Crippen LogP contribution in [0.3, 0.4) is 0 Å². The predicted octanol–water partition coefficient (Wildman–Crippen LogP) is 2.23. The number of nitrogens with one attached hydrogen (secondary N) is 1. The van der Waals surface area contributed by atoms with Crippen LogP contribution in [-0.2, 0) is 0 Å². The first-order valence-corrected chi connectivity index (χ1v) is 6.72. The van der Waals surface area contributed by atoms with Gasteiger partial charge in [0.25, 0.3) is 5.91 Å². The molecule has 0 aliphatic heterocycles. The fraction of sp³-hybridized carbons (Fsp3) is 0.0667. The number of amides is 1. The number of carbonyl (C=O) groups is 1. The van der Waals surface area contributed by atoms with E-state index in [9.17, 15) is 20.1 Å². The van der Waals surface area contributed by atoms with Crippen molar-refractivity contribution in [2.45, 2.75) is 0 Å². The normalized spacial score (nSPS) is 10.7. The molecule has 0 heterocycles. The second-order valence-electron chi connectivity index (χ2n) is 4.45. The quantitative estimate of drug-likeness (QED) is 0.388. The summed E-state index contributed by atoms with van der Waals surface area (Å²) in [7, 11) is 1.29. The Kier molecular flexibility index (Phi) is 4.92. The molecule has 1 amide bonds. The van der Waals surface area contributed by atoms with E-state index in [0.29, 0.717) is 10.6 Å². The van der Waals surface area contributed by atoms with E-state index in [4.69, 9.17) is 16.3 Å². The van der Waals surface area contributed by atoms with E-state index in [1.54, 1.807) is 0 Å². The third kappa shape index (κ3) is 3.83. The Bertz CT molecular complexity index is 777. The number of nitrogens with zero attached hydrogens (tertiary/aromatic N) is 1. The second kappa shape index (κ2) is 6.89. The van der Waals surface area contributed by atoms with Gasteiger partial charge in [-0.15, -0.1) is 0 Å². The largest absolute Gasteiger partial charge is 0.507 e. The maximum absolute atomic E-state index is 12.0. The highest BCUT2D eigenvalue weighted by Gasteiger charge is 2.14. The Morgan fingerprint density at radius 1 is 1.22 bits per heavy atom. The molecule has 0 aromatic heterocycles. The Morgan fingerprint density at radius 3 is 2.65 bits per heavy atom. The summed E-state index contributed by atoms with van der Waals surface area (Å²) in [6.07, 6.45) is 1.22. The maximum Gasteiger partial charge on any atom is 0.271 e. The lowest BCUT2D eigenvalue weighted by molar-refractivity contribution is 0.0954. The van der Waals surface area contributed by atoms with Gasteiger partial charge in [-0.25, -0.2) is 5.43 Å². The molecule has 0 fully saturated rings. The van der Waals surface area contributed by atoms with Crippen molar-refractivity contribution in [1.82, 2.24) is 5.43 Å². The molecule has 0 bridgehead atoms. The van der Waals surface area contributed by atoms with Crippen LogP contribution in [-0.4, -0.2) is 34.6 Å². The molecule has 8 heteroatoms. The summed E-state index contributed by atoms with van der Waals surface area (Å²) in [6.45, 7) is 0. The number of ether oxygens (including phenoxy) is 1. The molecule has 0 unspecified atom stereocenters. The fourth-order valence-corrected chi connectivity index (χ4v) is 1.91. The standard InChI is InChI=1S/C15H13ClN2O5/c1-23-13-6-8(5-12(20)14(13)21)15(22)18-17-7-9-4-10(16)2-3-11(9)19/h2-7,19-21H,1H3,(H,18,22). The molecule has 0 spiro atoms. The molecule has 2 rings (SSSR count). The van der Waals surface area contributed by atoms with E-state index >= 15 is 0 Å². The van der Waals surface area contributed by atoms with Crippen molar-refractivity contribution in [1.29, 1.82) is 0 Å². The number of phenols is 3. The average Bonchev–Trinajstić information content (AvgIpc) is 2.53. The van der Waals surface area contributed by atoms with Crippen LogP contribution < -0.4 is 10.2 Å². The van der Waals surface area contributed by atoms with Crippen LogP contribution in [0.4, 0.5) is 0 Å². The maximum atomic E-state index is 12.0. The van der Waals surface area contributed by atoms with E-state index in [1.165, 1.54) is 37.6 Å². The zero-order valence-electron chi connectivity index (χ0n) is 11.9. The zero-order valence-corrected chi connectivity index (χ0v) is 12.7. The highest BCUT2D eigenvalue weighted by atomic mass is 35.5. The minimum Gasteiger partial charge on any atom is -0.507 e. The molecule has 4 N–H and O–H groups in total. The van der Waals surface area contributed by atoms with Crippen LogP contribution in [0.15, 0.2) is 35.4 Å². The number of aromatic hydroxyl groups is 3. The molecule has 7 nitrogen and oxygen atoms in total. The van der Waals surface area contributed by atoms with Crippen molar-refractivity contribution in [2.75, 3.05) is 7.11 Å². The first-order valence-electron chi connectivity index (χ1n) is 6.34. The van der Waals surface area contributed by atoms with E-state index in [-0.39, 0.29) is 17.1 Å². The first-order chi connectivity index (χ1) is 10.9. The van der Waals surface area contributed by atoms with Crippen molar-refractivity contribution in [3.05, 3.63) is 46.5 Å². The van der Waals surface area contributed by atoms with Crippen LogP contribution >= 0.6 is 11.6 Å². The van der Waals surface area contributed by atoms with Crippen LogP contribution in [0.25, 0.3) is 0 Å². The lowest BCUT2D eigenvalue weighted by atomic mass is 10.1. The minimum absolute atomic E-state index is 0.0321. The average molecular weight is 337 g/mol. The number of hydrogen-bond acceptors (Lipinski definition) is 6. The number of halogens is 1. The molecule has 0 saturated carbocycles. The molecule has 0 radical (unpaired) electrons. The molecule has 0 saturated heterocycles. The Hall–Kier alpha value is -2.93. The van der Waals surface area contributed by atoms with Gasteiger partial charge in [-0.05, 0) is 30.3 Å². The van der Waals surface area contributed by atoms with E-state index < -0.39 is 17.4 Å². The van der Waals surface area contributed by atoms with E-state index in [0.717, 1.165) is 6.07 Å². The summed E-state index contributed by atoms with van der Waals surface area (Å²) in [5.41, 5.74) is 2.58. The number of benzene rings is 2. The topological polar surface area (TPSA) is 111 Å². The molecule has 0 aliphatic rings. The van der Waals surface area contributed by atoms with Gasteiger partial charge < -0.3 is 20.1 Å². The Balaban J connectivity index is 2.15. The number of hydrazone groups is 1. The van der Waals surface area contributed by atoms with Crippen molar-refractivity contribution in [2.24, 2.45) is 5.10 Å². The van der Waals surface area contributed by atoms with Crippen LogP contribution in [0, 0.1) is 0 Å².